The molecule has 34 heavy (non-hydrogen) atoms. The molecule has 178 valence electrons. The zero-order valence-corrected chi connectivity index (χ0v) is 21.4. The summed E-state index contributed by atoms with van der Waals surface area (Å²) >= 11 is 2.88. The molecule has 0 saturated carbocycles. The smallest absolute Gasteiger partial charge is 0.235 e. The Balaban J connectivity index is 1.35. The predicted molar refractivity (Wildman–Crippen MR) is 136 cm³/mol. The molecule has 2 heterocycles. The van der Waals surface area contributed by atoms with Crippen molar-refractivity contribution in [3.05, 3.63) is 51.2 Å². The van der Waals surface area contributed by atoms with Crippen molar-refractivity contribution in [3.8, 4) is 11.8 Å². The number of amides is 1. The van der Waals surface area contributed by atoms with Gasteiger partial charge < -0.3 is 14.6 Å². The van der Waals surface area contributed by atoms with Crippen LogP contribution in [0.5, 0.6) is 5.75 Å². The Kier molecular flexibility index (Phi) is 7.91. The molecule has 0 spiro atoms. The highest BCUT2D eigenvalue weighted by Crippen LogP contribution is 2.36. The highest BCUT2D eigenvalue weighted by atomic mass is 32.2. The Morgan fingerprint density at radius 2 is 1.91 bits per heavy atom. The van der Waals surface area contributed by atoms with Gasteiger partial charge in [0.05, 0.1) is 11.3 Å². The fourth-order valence-corrected chi connectivity index (χ4v) is 6.16. The van der Waals surface area contributed by atoms with Gasteiger partial charge >= 0.3 is 0 Å². The van der Waals surface area contributed by atoms with Crippen LogP contribution in [-0.2, 0) is 31.3 Å². The number of nitriles is 1. The van der Waals surface area contributed by atoms with Gasteiger partial charge in [-0.2, -0.15) is 5.26 Å². The number of aryl methyl sites for hydroxylation is 3. The monoisotopic (exact) mass is 495 g/mol. The first kappa shape index (κ1) is 24.3. The number of anilines is 1. The van der Waals surface area contributed by atoms with Crippen LogP contribution >= 0.6 is 23.1 Å². The summed E-state index contributed by atoms with van der Waals surface area (Å²) < 4.78 is 7.74. The van der Waals surface area contributed by atoms with E-state index in [4.69, 9.17) is 4.74 Å². The summed E-state index contributed by atoms with van der Waals surface area (Å²) in [4.78, 5) is 13.9. The van der Waals surface area contributed by atoms with Crippen molar-refractivity contribution in [1.29, 1.82) is 5.26 Å². The Morgan fingerprint density at radius 3 is 2.65 bits per heavy atom. The summed E-state index contributed by atoms with van der Waals surface area (Å²) in [6.45, 7) is 4.37. The van der Waals surface area contributed by atoms with Crippen LogP contribution in [0.25, 0.3) is 0 Å². The fourth-order valence-electron chi connectivity index (χ4n) is 4.18. The minimum atomic E-state index is -0.147. The van der Waals surface area contributed by atoms with Gasteiger partial charge in [0, 0.05) is 11.9 Å². The van der Waals surface area contributed by atoms with Crippen LogP contribution in [0, 0.1) is 25.2 Å². The lowest BCUT2D eigenvalue weighted by molar-refractivity contribution is -0.113. The molecule has 3 aromatic rings. The van der Waals surface area contributed by atoms with E-state index in [9.17, 15) is 10.1 Å². The molecule has 0 aliphatic heterocycles. The molecular weight excluding hydrogens is 466 g/mol. The second-order valence-electron chi connectivity index (χ2n) is 8.64. The lowest BCUT2D eigenvalue weighted by Gasteiger charge is -2.09. The number of fused-ring (bicyclic) bond motifs is 1. The summed E-state index contributed by atoms with van der Waals surface area (Å²) in [5.41, 5.74) is 4.07. The second kappa shape index (κ2) is 11.1. The molecule has 2 aromatic heterocycles. The molecule has 7 nitrogen and oxygen atoms in total. The van der Waals surface area contributed by atoms with Crippen molar-refractivity contribution < 1.29 is 9.53 Å². The maximum atomic E-state index is 12.7. The molecule has 9 heteroatoms. The number of thiophene rings is 1. The second-order valence-corrected chi connectivity index (χ2v) is 10.7. The fraction of sp³-hybridized carbons (Fsp3) is 0.440. The lowest BCUT2D eigenvalue weighted by Crippen LogP contribution is -2.14. The van der Waals surface area contributed by atoms with Crippen LogP contribution in [0.15, 0.2) is 23.4 Å². The van der Waals surface area contributed by atoms with Gasteiger partial charge in [-0.3, -0.25) is 4.79 Å². The molecule has 4 rings (SSSR count). The van der Waals surface area contributed by atoms with Gasteiger partial charge in [0.2, 0.25) is 5.91 Å². The zero-order chi connectivity index (χ0) is 24.1. The summed E-state index contributed by atoms with van der Waals surface area (Å²) in [5.74, 6) is 1.53. The first-order valence-corrected chi connectivity index (χ1v) is 13.3. The average molecular weight is 496 g/mol. The van der Waals surface area contributed by atoms with Gasteiger partial charge in [0.1, 0.15) is 23.4 Å². The van der Waals surface area contributed by atoms with E-state index in [1.807, 2.05) is 37.6 Å². The molecule has 0 saturated heterocycles. The number of carbonyl (C=O) groups excluding carboxylic acids is 1. The molecule has 0 radical (unpaired) electrons. The summed E-state index contributed by atoms with van der Waals surface area (Å²) in [5, 5.41) is 22.4. The Morgan fingerprint density at radius 1 is 1.18 bits per heavy atom. The van der Waals surface area contributed by atoms with E-state index in [0.29, 0.717) is 28.2 Å². The van der Waals surface area contributed by atoms with Crippen LogP contribution in [0.4, 0.5) is 5.00 Å². The van der Waals surface area contributed by atoms with E-state index in [0.717, 1.165) is 48.1 Å². The molecule has 0 unspecified atom stereocenters. The molecule has 0 bridgehead atoms. The molecular formula is C25H29N5O2S2. The van der Waals surface area contributed by atoms with Crippen LogP contribution < -0.4 is 10.1 Å². The van der Waals surface area contributed by atoms with Crippen molar-refractivity contribution in [2.75, 3.05) is 11.1 Å². The minimum Gasteiger partial charge on any atom is -0.486 e. The van der Waals surface area contributed by atoms with E-state index in [1.165, 1.54) is 29.5 Å². The van der Waals surface area contributed by atoms with Crippen molar-refractivity contribution in [2.24, 2.45) is 7.05 Å². The Bertz CT molecular complexity index is 1200. The summed E-state index contributed by atoms with van der Waals surface area (Å²) in [7, 11) is 1.87. The van der Waals surface area contributed by atoms with Crippen molar-refractivity contribution >= 4 is 34.0 Å². The van der Waals surface area contributed by atoms with Gasteiger partial charge in [-0.15, -0.1) is 21.5 Å². The molecule has 1 aliphatic rings. The van der Waals surface area contributed by atoms with E-state index >= 15 is 0 Å². The van der Waals surface area contributed by atoms with Crippen molar-refractivity contribution in [1.82, 2.24) is 14.8 Å². The standard InChI is InChI=1S/C25H29N5O2S2/c1-16-10-17(2)12-18(11-16)32-14-22-28-29-25(30(22)3)33-15-23(31)27-24-20(13-26)19-8-6-4-5-7-9-21(19)34-24/h10-12H,4-9,14-15H2,1-3H3,(H,27,31). The average Bonchev–Trinajstić information content (AvgIpc) is 3.28. The third-order valence-corrected chi connectivity index (χ3v) is 8.08. The molecule has 1 aliphatic carbocycles. The Hall–Kier alpha value is -2.83. The molecule has 0 fully saturated rings. The summed E-state index contributed by atoms with van der Waals surface area (Å²) in [6, 6.07) is 8.41. The normalized spacial score (nSPS) is 13.5. The van der Waals surface area contributed by atoms with E-state index in [1.54, 1.807) is 11.3 Å². The van der Waals surface area contributed by atoms with Crippen LogP contribution in [0.2, 0.25) is 0 Å². The quantitative estimate of drug-likeness (QED) is 0.445. The number of ether oxygens (including phenoxy) is 1. The van der Waals surface area contributed by atoms with Crippen molar-refractivity contribution in [3.63, 3.8) is 0 Å². The van der Waals surface area contributed by atoms with E-state index in [2.05, 4.69) is 27.6 Å². The number of benzene rings is 1. The highest BCUT2D eigenvalue weighted by molar-refractivity contribution is 7.99. The SMILES string of the molecule is Cc1cc(C)cc(OCc2nnc(SCC(=O)Nc3sc4c(c3C#N)CCCCCC4)n2C)c1. The minimum absolute atomic E-state index is 0.147. The zero-order valence-electron chi connectivity index (χ0n) is 19.8. The van der Waals surface area contributed by atoms with Gasteiger partial charge in [-0.05, 0) is 68.4 Å². The topological polar surface area (TPSA) is 92.8 Å². The molecule has 1 aromatic carbocycles. The maximum absolute atomic E-state index is 12.7. The summed E-state index contributed by atoms with van der Waals surface area (Å²) in [6.07, 6.45) is 6.59. The molecule has 1 N–H and O–H groups in total. The number of carbonyl (C=O) groups is 1. The number of nitrogens with one attached hydrogen (secondary N) is 1. The number of aromatic nitrogens is 3. The predicted octanol–water partition coefficient (Wildman–Crippen LogP) is 5.33. The van der Waals surface area contributed by atoms with Gasteiger partial charge in [-0.1, -0.05) is 30.7 Å². The first-order chi connectivity index (χ1) is 16.4. The number of hydrogen-bond donors (Lipinski definition) is 1. The highest BCUT2D eigenvalue weighted by Gasteiger charge is 2.21. The van der Waals surface area contributed by atoms with Gasteiger partial charge in [0.15, 0.2) is 11.0 Å². The first-order valence-electron chi connectivity index (χ1n) is 11.5. The van der Waals surface area contributed by atoms with Crippen LogP contribution in [-0.4, -0.2) is 26.4 Å². The largest absolute Gasteiger partial charge is 0.486 e. The molecule has 0 atom stereocenters. The number of hydrogen-bond acceptors (Lipinski definition) is 7. The maximum Gasteiger partial charge on any atom is 0.235 e. The van der Waals surface area contributed by atoms with Gasteiger partial charge in [0.25, 0.3) is 0 Å². The van der Waals surface area contributed by atoms with Crippen molar-refractivity contribution in [2.45, 2.75) is 64.1 Å². The van der Waals surface area contributed by atoms with E-state index in [-0.39, 0.29) is 11.7 Å². The molecule has 1 amide bonds. The number of thioether (sulfide) groups is 1. The van der Waals surface area contributed by atoms with Gasteiger partial charge in [-0.25, -0.2) is 0 Å². The number of nitrogens with zero attached hydrogens (tertiary/aromatic N) is 4. The van der Waals surface area contributed by atoms with Crippen LogP contribution in [0.1, 0.15) is 58.6 Å². The Labute approximate surface area is 208 Å². The third kappa shape index (κ3) is 5.80. The third-order valence-electron chi connectivity index (χ3n) is 5.86. The van der Waals surface area contributed by atoms with E-state index < -0.39 is 0 Å². The lowest BCUT2D eigenvalue weighted by atomic mass is 9.97. The number of rotatable bonds is 7. The van der Waals surface area contributed by atoms with Crippen LogP contribution in [0.3, 0.4) is 0 Å².